The predicted molar refractivity (Wildman–Crippen MR) is 61.3 cm³/mol. The summed E-state index contributed by atoms with van der Waals surface area (Å²) in [6.45, 7) is 4.17. The van der Waals surface area contributed by atoms with Crippen LogP contribution in [0.25, 0.3) is 0 Å². The van der Waals surface area contributed by atoms with Crippen LogP contribution in [0.5, 0.6) is 0 Å². The van der Waals surface area contributed by atoms with Gasteiger partial charge >= 0.3 is 0 Å². The van der Waals surface area contributed by atoms with Gasteiger partial charge < -0.3 is 4.52 Å². The van der Waals surface area contributed by atoms with Crippen LogP contribution in [-0.4, -0.2) is 18.4 Å². The van der Waals surface area contributed by atoms with Gasteiger partial charge in [-0.3, -0.25) is 4.57 Å². The molecule has 0 amide bonds. The molecule has 1 rings (SSSR count). The van der Waals surface area contributed by atoms with Gasteiger partial charge in [-0.25, -0.2) is 0 Å². The van der Waals surface area contributed by atoms with E-state index in [-0.39, 0.29) is 0 Å². The maximum Gasteiger partial charge on any atom is 0.203 e. The molecule has 0 aromatic rings. The minimum atomic E-state index is -2.27. The molecule has 0 heterocycles. The van der Waals surface area contributed by atoms with Crippen LogP contribution in [0.1, 0.15) is 52.4 Å². The first-order valence-corrected chi connectivity index (χ1v) is 7.96. The van der Waals surface area contributed by atoms with E-state index in [9.17, 15) is 4.57 Å². The molecular formula is C11H23O2P. The first-order valence-electron chi connectivity index (χ1n) is 5.96. The van der Waals surface area contributed by atoms with Gasteiger partial charge in [-0.15, -0.1) is 0 Å². The van der Waals surface area contributed by atoms with Crippen LogP contribution in [-0.2, 0) is 9.09 Å². The lowest BCUT2D eigenvalue weighted by Gasteiger charge is -2.21. The topological polar surface area (TPSA) is 26.3 Å². The predicted octanol–water partition coefficient (Wildman–Crippen LogP) is 4.04. The smallest absolute Gasteiger partial charge is 0.203 e. The molecule has 3 heteroatoms. The summed E-state index contributed by atoms with van der Waals surface area (Å²) in [5, 5.41) is 0. The molecular weight excluding hydrogens is 195 g/mol. The Kier molecular flexibility index (Phi) is 5.19. The Morgan fingerprint density at radius 1 is 1.14 bits per heavy atom. The molecule has 84 valence electrons. The van der Waals surface area contributed by atoms with Crippen LogP contribution in [0, 0.1) is 0 Å². The molecule has 1 saturated carbocycles. The molecule has 0 N–H and O–H groups in total. The van der Waals surface area contributed by atoms with E-state index in [0.717, 1.165) is 38.0 Å². The van der Waals surface area contributed by atoms with Gasteiger partial charge in [0.05, 0.1) is 6.10 Å². The molecule has 0 spiro atoms. The van der Waals surface area contributed by atoms with Crippen molar-refractivity contribution in [2.24, 2.45) is 0 Å². The maximum absolute atomic E-state index is 12.3. The summed E-state index contributed by atoms with van der Waals surface area (Å²) < 4.78 is 18.2. The van der Waals surface area contributed by atoms with Crippen molar-refractivity contribution >= 4 is 7.37 Å². The Hall–Kier alpha value is 0.190. The van der Waals surface area contributed by atoms with Crippen LogP contribution >= 0.6 is 7.37 Å². The van der Waals surface area contributed by atoms with Crippen molar-refractivity contribution in [3.8, 4) is 0 Å². The Bertz CT molecular complexity index is 187. The van der Waals surface area contributed by atoms with Gasteiger partial charge in [-0.2, -0.15) is 0 Å². The fraction of sp³-hybridized carbons (Fsp3) is 1.00. The lowest BCUT2D eigenvalue weighted by atomic mass is 10.3. The van der Waals surface area contributed by atoms with Crippen molar-refractivity contribution < 1.29 is 9.09 Å². The van der Waals surface area contributed by atoms with Crippen molar-refractivity contribution in [3.05, 3.63) is 0 Å². The fourth-order valence-electron chi connectivity index (χ4n) is 2.16. The summed E-state index contributed by atoms with van der Waals surface area (Å²) >= 11 is 0. The van der Waals surface area contributed by atoms with E-state index in [1.165, 1.54) is 12.8 Å². The van der Waals surface area contributed by atoms with Gasteiger partial charge in [0.25, 0.3) is 0 Å². The van der Waals surface area contributed by atoms with Crippen molar-refractivity contribution in [1.29, 1.82) is 0 Å². The lowest BCUT2D eigenvalue weighted by Crippen LogP contribution is -2.09. The van der Waals surface area contributed by atoms with E-state index in [0.29, 0.717) is 6.10 Å². The van der Waals surface area contributed by atoms with Crippen LogP contribution < -0.4 is 0 Å². The van der Waals surface area contributed by atoms with Crippen molar-refractivity contribution in [2.45, 2.75) is 58.5 Å². The average Bonchev–Trinajstić information content (AvgIpc) is 2.57. The van der Waals surface area contributed by atoms with Gasteiger partial charge in [0, 0.05) is 12.3 Å². The molecule has 2 nitrogen and oxygen atoms in total. The van der Waals surface area contributed by atoms with E-state index in [1.54, 1.807) is 0 Å². The second-order valence-corrected chi connectivity index (χ2v) is 7.01. The van der Waals surface area contributed by atoms with Crippen molar-refractivity contribution in [1.82, 2.24) is 0 Å². The van der Waals surface area contributed by atoms with Gasteiger partial charge in [-0.1, -0.05) is 26.7 Å². The van der Waals surface area contributed by atoms with Gasteiger partial charge in [0.15, 0.2) is 0 Å². The zero-order valence-electron chi connectivity index (χ0n) is 9.50. The van der Waals surface area contributed by atoms with Crippen LogP contribution in [0.2, 0.25) is 0 Å². The Balaban J connectivity index is 2.44. The highest BCUT2D eigenvalue weighted by Gasteiger charge is 2.27. The van der Waals surface area contributed by atoms with Crippen molar-refractivity contribution in [2.75, 3.05) is 12.3 Å². The molecule has 0 aromatic heterocycles. The summed E-state index contributed by atoms with van der Waals surface area (Å²) in [5.74, 6) is 0. The van der Waals surface area contributed by atoms with E-state index < -0.39 is 7.37 Å². The molecule has 1 fully saturated rings. The normalized spacial score (nSPS) is 19.0. The summed E-state index contributed by atoms with van der Waals surface area (Å²) in [7, 11) is -2.27. The highest BCUT2D eigenvalue weighted by Crippen LogP contribution is 2.50. The highest BCUT2D eigenvalue weighted by atomic mass is 31.2. The van der Waals surface area contributed by atoms with Crippen LogP contribution in [0.15, 0.2) is 0 Å². The zero-order valence-corrected chi connectivity index (χ0v) is 10.4. The minimum absolute atomic E-state index is 0.305. The quantitative estimate of drug-likeness (QED) is 0.629. The molecule has 0 aliphatic heterocycles. The summed E-state index contributed by atoms with van der Waals surface area (Å²) in [5.41, 5.74) is 0. The standard InChI is InChI=1S/C11H23O2P/c1-3-9-14(12,10-4-2)13-11-7-5-6-8-11/h11H,3-10H2,1-2H3. The Morgan fingerprint density at radius 2 is 1.64 bits per heavy atom. The SMILES string of the molecule is CCCP(=O)(CCC)OC1CCCC1. The molecule has 0 aromatic carbocycles. The Labute approximate surface area is 87.9 Å². The van der Waals surface area contributed by atoms with Gasteiger partial charge in [0.2, 0.25) is 7.37 Å². The fourth-order valence-corrected chi connectivity index (χ4v) is 4.72. The first-order chi connectivity index (χ1) is 6.70. The summed E-state index contributed by atoms with van der Waals surface area (Å²) in [6.07, 6.45) is 8.56. The zero-order chi connectivity index (χ0) is 10.4. The van der Waals surface area contributed by atoms with E-state index in [4.69, 9.17) is 4.52 Å². The highest BCUT2D eigenvalue weighted by molar-refractivity contribution is 7.58. The minimum Gasteiger partial charge on any atom is -0.325 e. The second-order valence-electron chi connectivity index (χ2n) is 4.27. The first kappa shape index (κ1) is 12.3. The van der Waals surface area contributed by atoms with Crippen molar-refractivity contribution in [3.63, 3.8) is 0 Å². The van der Waals surface area contributed by atoms with Crippen LogP contribution in [0.4, 0.5) is 0 Å². The molecule has 1 aliphatic rings. The maximum atomic E-state index is 12.3. The van der Waals surface area contributed by atoms with Gasteiger partial charge in [0.1, 0.15) is 0 Å². The number of rotatable bonds is 6. The molecule has 14 heavy (non-hydrogen) atoms. The largest absolute Gasteiger partial charge is 0.325 e. The second kappa shape index (κ2) is 5.92. The van der Waals surface area contributed by atoms with E-state index >= 15 is 0 Å². The lowest BCUT2D eigenvalue weighted by molar-refractivity contribution is 0.212. The molecule has 0 saturated heterocycles. The molecule has 0 bridgehead atoms. The third-order valence-electron chi connectivity index (χ3n) is 2.77. The summed E-state index contributed by atoms with van der Waals surface area (Å²) in [6, 6.07) is 0. The molecule has 0 atom stereocenters. The molecule has 0 unspecified atom stereocenters. The number of hydrogen-bond donors (Lipinski definition) is 0. The third-order valence-corrected chi connectivity index (χ3v) is 5.71. The molecule has 1 aliphatic carbocycles. The monoisotopic (exact) mass is 218 g/mol. The van der Waals surface area contributed by atoms with Crippen LogP contribution in [0.3, 0.4) is 0 Å². The van der Waals surface area contributed by atoms with Gasteiger partial charge in [-0.05, 0) is 25.7 Å². The summed E-state index contributed by atoms with van der Waals surface area (Å²) in [4.78, 5) is 0. The Morgan fingerprint density at radius 3 is 2.07 bits per heavy atom. The number of hydrogen-bond acceptors (Lipinski definition) is 2. The molecule has 0 radical (unpaired) electrons. The third kappa shape index (κ3) is 3.74. The van der Waals surface area contributed by atoms with E-state index in [1.807, 2.05) is 0 Å². The average molecular weight is 218 g/mol. The van der Waals surface area contributed by atoms with E-state index in [2.05, 4.69) is 13.8 Å².